The first-order valence-corrected chi connectivity index (χ1v) is 8.13. The van der Waals surface area contributed by atoms with Gasteiger partial charge in [-0.05, 0) is 55.3 Å². The highest BCUT2D eigenvalue weighted by Gasteiger charge is 2.35. The van der Waals surface area contributed by atoms with Crippen LogP contribution in [0.4, 0.5) is 0 Å². The fourth-order valence-electron chi connectivity index (χ4n) is 3.49. The highest BCUT2D eigenvalue weighted by molar-refractivity contribution is 5.28. The van der Waals surface area contributed by atoms with Gasteiger partial charge in [0.1, 0.15) is 11.9 Å². The van der Waals surface area contributed by atoms with Crippen LogP contribution >= 0.6 is 0 Å². The number of nitrogens with one attached hydrogen (secondary N) is 1. The van der Waals surface area contributed by atoms with Gasteiger partial charge in [-0.15, -0.1) is 0 Å². The molecule has 0 bridgehead atoms. The largest absolute Gasteiger partial charge is 0.489 e. The topological polar surface area (TPSA) is 21.3 Å². The van der Waals surface area contributed by atoms with Gasteiger partial charge in [0.05, 0.1) is 0 Å². The lowest BCUT2D eigenvalue weighted by Crippen LogP contribution is -2.50. The Bertz CT molecular complexity index is 418. The predicted octanol–water partition coefficient (Wildman–Crippen LogP) is 4.04. The van der Waals surface area contributed by atoms with E-state index in [-0.39, 0.29) is 0 Å². The van der Waals surface area contributed by atoms with E-state index in [0.717, 1.165) is 24.6 Å². The first-order valence-electron chi connectivity index (χ1n) is 8.13. The third kappa shape index (κ3) is 3.76. The first-order chi connectivity index (χ1) is 9.63. The second-order valence-corrected chi connectivity index (χ2v) is 6.30. The van der Waals surface area contributed by atoms with Crippen LogP contribution in [0.2, 0.25) is 0 Å². The van der Waals surface area contributed by atoms with E-state index in [9.17, 15) is 0 Å². The molecule has 1 aliphatic rings. The highest BCUT2D eigenvalue weighted by Crippen LogP contribution is 2.32. The molecule has 1 aromatic carbocycles. The molecule has 0 amide bonds. The van der Waals surface area contributed by atoms with Crippen LogP contribution in [0.3, 0.4) is 0 Å². The van der Waals surface area contributed by atoms with Gasteiger partial charge in [0.15, 0.2) is 0 Å². The normalized spacial score (nSPS) is 30.2. The molecular formula is C18H29NO. The summed E-state index contributed by atoms with van der Waals surface area (Å²) in [6.07, 6.45) is 3.83. The zero-order valence-corrected chi connectivity index (χ0v) is 13.4. The van der Waals surface area contributed by atoms with Crippen LogP contribution in [0.1, 0.15) is 46.1 Å². The fraction of sp³-hybridized carbons (Fsp3) is 0.667. The molecule has 1 aliphatic carbocycles. The number of benzene rings is 1. The highest BCUT2D eigenvalue weighted by atomic mass is 16.5. The molecule has 4 atom stereocenters. The SMILES string of the molecule is CCNC1CC(C)CC(C)C1Oc1cccc(CC)c1. The molecular weight excluding hydrogens is 246 g/mol. The summed E-state index contributed by atoms with van der Waals surface area (Å²) in [5.41, 5.74) is 1.35. The summed E-state index contributed by atoms with van der Waals surface area (Å²) in [4.78, 5) is 0. The van der Waals surface area contributed by atoms with Crippen LogP contribution in [0.5, 0.6) is 5.75 Å². The van der Waals surface area contributed by atoms with E-state index in [1.54, 1.807) is 0 Å². The van der Waals surface area contributed by atoms with Gasteiger partial charge in [0.25, 0.3) is 0 Å². The average Bonchev–Trinajstić information content (AvgIpc) is 2.43. The summed E-state index contributed by atoms with van der Waals surface area (Å²) >= 11 is 0. The fourth-order valence-corrected chi connectivity index (χ4v) is 3.49. The van der Waals surface area contributed by atoms with Crippen molar-refractivity contribution >= 4 is 0 Å². The quantitative estimate of drug-likeness (QED) is 0.875. The lowest BCUT2D eigenvalue weighted by atomic mass is 9.78. The molecule has 0 aliphatic heterocycles. The van der Waals surface area contributed by atoms with Gasteiger partial charge in [-0.2, -0.15) is 0 Å². The molecule has 1 saturated carbocycles. The Labute approximate surface area is 123 Å². The van der Waals surface area contributed by atoms with Crippen molar-refractivity contribution in [2.24, 2.45) is 11.8 Å². The van der Waals surface area contributed by atoms with Crippen molar-refractivity contribution in [3.05, 3.63) is 29.8 Å². The number of rotatable bonds is 5. The lowest BCUT2D eigenvalue weighted by molar-refractivity contribution is 0.0483. The summed E-state index contributed by atoms with van der Waals surface area (Å²) < 4.78 is 6.36. The molecule has 4 unspecified atom stereocenters. The van der Waals surface area contributed by atoms with E-state index in [1.807, 2.05) is 0 Å². The molecule has 2 nitrogen and oxygen atoms in total. The Kier molecular flexibility index (Phi) is 5.47. The summed E-state index contributed by atoms with van der Waals surface area (Å²) in [7, 11) is 0. The summed E-state index contributed by atoms with van der Waals surface area (Å²) in [5.74, 6) is 2.42. The molecule has 0 saturated heterocycles. The summed E-state index contributed by atoms with van der Waals surface area (Å²) in [6, 6.07) is 9.03. The number of aryl methyl sites for hydroxylation is 1. The third-order valence-corrected chi connectivity index (χ3v) is 4.43. The maximum Gasteiger partial charge on any atom is 0.120 e. The Balaban J connectivity index is 2.11. The number of ether oxygens (including phenoxy) is 1. The van der Waals surface area contributed by atoms with Crippen LogP contribution in [-0.4, -0.2) is 18.7 Å². The van der Waals surface area contributed by atoms with Crippen molar-refractivity contribution in [2.75, 3.05) is 6.54 Å². The second-order valence-electron chi connectivity index (χ2n) is 6.30. The van der Waals surface area contributed by atoms with Crippen molar-refractivity contribution in [3.8, 4) is 5.75 Å². The molecule has 112 valence electrons. The molecule has 0 aromatic heterocycles. The van der Waals surface area contributed by atoms with Crippen LogP contribution < -0.4 is 10.1 Å². The molecule has 2 heteroatoms. The van der Waals surface area contributed by atoms with Gasteiger partial charge >= 0.3 is 0 Å². The van der Waals surface area contributed by atoms with Crippen LogP contribution in [0, 0.1) is 11.8 Å². The molecule has 1 aromatic rings. The number of hydrogen-bond donors (Lipinski definition) is 1. The maximum atomic E-state index is 6.36. The van der Waals surface area contributed by atoms with Crippen molar-refractivity contribution < 1.29 is 4.74 Å². The number of likely N-dealkylation sites (N-methyl/N-ethyl adjacent to an activating group) is 1. The Hall–Kier alpha value is -1.02. The summed E-state index contributed by atoms with van der Waals surface area (Å²) in [5, 5.41) is 3.62. The minimum absolute atomic E-state index is 0.290. The molecule has 2 rings (SSSR count). The third-order valence-electron chi connectivity index (χ3n) is 4.43. The van der Waals surface area contributed by atoms with Crippen LogP contribution in [0.25, 0.3) is 0 Å². The van der Waals surface area contributed by atoms with Gasteiger partial charge in [0.2, 0.25) is 0 Å². The van der Waals surface area contributed by atoms with E-state index < -0.39 is 0 Å². The van der Waals surface area contributed by atoms with E-state index in [0.29, 0.717) is 18.1 Å². The van der Waals surface area contributed by atoms with Crippen molar-refractivity contribution in [1.82, 2.24) is 5.32 Å². The van der Waals surface area contributed by atoms with E-state index >= 15 is 0 Å². The predicted molar refractivity (Wildman–Crippen MR) is 85.3 cm³/mol. The van der Waals surface area contributed by atoms with Gasteiger partial charge in [0, 0.05) is 6.04 Å². The van der Waals surface area contributed by atoms with E-state index in [4.69, 9.17) is 4.74 Å². The average molecular weight is 275 g/mol. The molecule has 0 heterocycles. The van der Waals surface area contributed by atoms with Gasteiger partial charge in [-0.3, -0.25) is 0 Å². The monoisotopic (exact) mass is 275 g/mol. The minimum Gasteiger partial charge on any atom is -0.489 e. The van der Waals surface area contributed by atoms with Crippen molar-refractivity contribution in [1.29, 1.82) is 0 Å². The van der Waals surface area contributed by atoms with Crippen molar-refractivity contribution in [3.63, 3.8) is 0 Å². The Morgan fingerprint density at radius 1 is 1.20 bits per heavy atom. The first kappa shape index (κ1) is 15.4. The Morgan fingerprint density at radius 2 is 2.00 bits per heavy atom. The smallest absolute Gasteiger partial charge is 0.120 e. The lowest BCUT2D eigenvalue weighted by Gasteiger charge is -2.40. The van der Waals surface area contributed by atoms with Gasteiger partial charge < -0.3 is 10.1 Å². The second kappa shape index (κ2) is 7.12. The Morgan fingerprint density at radius 3 is 2.70 bits per heavy atom. The van der Waals surface area contributed by atoms with Gasteiger partial charge in [-0.1, -0.05) is 39.8 Å². The summed E-state index contributed by atoms with van der Waals surface area (Å²) in [6.45, 7) is 10.1. The molecule has 1 fully saturated rings. The molecule has 20 heavy (non-hydrogen) atoms. The van der Waals surface area contributed by atoms with E-state index in [1.165, 1.54) is 18.4 Å². The van der Waals surface area contributed by atoms with Crippen LogP contribution in [0.15, 0.2) is 24.3 Å². The van der Waals surface area contributed by atoms with Crippen LogP contribution in [-0.2, 0) is 6.42 Å². The van der Waals surface area contributed by atoms with Crippen molar-refractivity contribution in [2.45, 2.75) is 59.1 Å². The molecule has 1 N–H and O–H groups in total. The zero-order valence-electron chi connectivity index (χ0n) is 13.4. The molecule has 0 radical (unpaired) electrons. The standard InChI is InChI=1S/C18H29NO/c1-5-15-8-7-9-16(12-15)20-18-14(4)10-13(3)11-17(18)19-6-2/h7-9,12-14,17-19H,5-6,10-11H2,1-4H3. The maximum absolute atomic E-state index is 6.36. The minimum atomic E-state index is 0.290. The number of hydrogen-bond acceptors (Lipinski definition) is 2. The van der Waals surface area contributed by atoms with E-state index in [2.05, 4.69) is 57.3 Å². The van der Waals surface area contributed by atoms with Gasteiger partial charge in [-0.25, -0.2) is 0 Å². The zero-order chi connectivity index (χ0) is 14.5. The molecule has 0 spiro atoms.